The smallest absolute Gasteiger partial charge is 0.340 e. The van der Waals surface area contributed by atoms with Gasteiger partial charge in [-0.2, -0.15) is 0 Å². The molecular formula is C16H19ClO3. The fourth-order valence-corrected chi connectivity index (χ4v) is 2.33. The molecule has 1 fully saturated rings. The first-order valence-corrected chi connectivity index (χ1v) is 7.23. The lowest BCUT2D eigenvalue weighted by Gasteiger charge is -2.24. The molecule has 0 aliphatic heterocycles. The van der Waals surface area contributed by atoms with E-state index in [2.05, 4.69) is 0 Å². The second kappa shape index (κ2) is 5.57. The van der Waals surface area contributed by atoms with Crippen LogP contribution in [0.3, 0.4) is 0 Å². The van der Waals surface area contributed by atoms with Gasteiger partial charge in [-0.1, -0.05) is 24.1 Å². The van der Waals surface area contributed by atoms with Crippen molar-refractivity contribution in [1.82, 2.24) is 0 Å². The van der Waals surface area contributed by atoms with Crippen LogP contribution in [-0.2, 0) is 4.74 Å². The van der Waals surface area contributed by atoms with Gasteiger partial charge in [0.2, 0.25) is 0 Å². The molecule has 1 aliphatic rings. The molecule has 0 amide bonds. The van der Waals surface area contributed by atoms with Crippen LogP contribution in [0.1, 0.15) is 60.7 Å². The van der Waals surface area contributed by atoms with Crippen LogP contribution in [0, 0.1) is 5.92 Å². The minimum Gasteiger partial charge on any atom is -0.456 e. The molecule has 1 saturated carbocycles. The number of halogens is 1. The molecule has 108 valence electrons. The molecule has 20 heavy (non-hydrogen) atoms. The van der Waals surface area contributed by atoms with Crippen molar-refractivity contribution < 1.29 is 14.3 Å². The average molecular weight is 295 g/mol. The van der Waals surface area contributed by atoms with Gasteiger partial charge >= 0.3 is 5.97 Å². The maximum absolute atomic E-state index is 12.1. The maximum Gasteiger partial charge on any atom is 0.340 e. The molecule has 0 N–H and O–H groups in total. The van der Waals surface area contributed by atoms with Crippen LogP contribution in [0.15, 0.2) is 18.2 Å². The van der Waals surface area contributed by atoms with Crippen molar-refractivity contribution in [2.45, 2.75) is 45.6 Å². The van der Waals surface area contributed by atoms with Crippen molar-refractivity contribution in [3.05, 3.63) is 34.3 Å². The highest BCUT2D eigenvalue weighted by molar-refractivity contribution is 6.34. The number of hydrogen-bond donors (Lipinski definition) is 0. The number of carbonyl (C=O) groups is 2. The molecule has 4 heteroatoms. The summed E-state index contributed by atoms with van der Waals surface area (Å²) in [5.74, 6) is -0.225. The third kappa shape index (κ3) is 3.40. The van der Waals surface area contributed by atoms with Crippen molar-refractivity contribution in [3.8, 4) is 0 Å². The van der Waals surface area contributed by atoms with Gasteiger partial charge in [0.05, 0.1) is 10.6 Å². The van der Waals surface area contributed by atoms with E-state index in [1.54, 1.807) is 39.0 Å². The molecule has 0 saturated heterocycles. The number of benzene rings is 1. The maximum atomic E-state index is 12.1. The van der Waals surface area contributed by atoms with Crippen LogP contribution in [0.25, 0.3) is 0 Å². The van der Waals surface area contributed by atoms with Crippen LogP contribution in [0.2, 0.25) is 5.02 Å². The summed E-state index contributed by atoms with van der Waals surface area (Å²) in [5.41, 5.74) is 0.305. The van der Waals surface area contributed by atoms with Gasteiger partial charge in [-0.25, -0.2) is 4.79 Å². The molecule has 0 unspecified atom stereocenters. The number of ketones is 1. The topological polar surface area (TPSA) is 43.4 Å². The Labute approximate surface area is 124 Å². The lowest BCUT2D eigenvalue weighted by Crippen LogP contribution is -2.24. The zero-order valence-electron chi connectivity index (χ0n) is 12.0. The zero-order chi connectivity index (χ0) is 14.9. The van der Waals surface area contributed by atoms with Crippen molar-refractivity contribution in [2.24, 2.45) is 5.92 Å². The number of rotatable bonds is 3. The number of carbonyl (C=O) groups excluding carboxylic acids is 2. The summed E-state index contributed by atoms with van der Waals surface area (Å²) in [6.07, 6.45) is 3.01. The van der Waals surface area contributed by atoms with Gasteiger partial charge in [-0.05, 0) is 45.7 Å². The first-order valence-electron chi connectivity index (χ1n) is 6.85. The molecule has 0 aromatic heterocycles. The van der Waals surface area contributed by atoms with Crippen molar-refractivity contribution >= 4 is 23.4 Å². The van der Waals surface area contributed by atoms with E-state index in [0.29, 0.717) is 11.1 Å². The second-order valence-electron chi connectivity index (χ2n) is 6.19. The van der Waals surface area contributed by atoms with E-state index in [-0.39, 0.29) is 16.7 Å². The monoisotopic (exact) mass is 294 g/mol. The summed E-state index contributed by atoms with van der Waals surface area (Å²) >= 11 is 6.11. The molecule has 0 bridgehead atoms. The lowest BCUT2D eigenvalue weighted by molar-refractivity contribution is 0.00695. The summed E-state index contributed by atoms with van der Waals surface area (Å²) in [6, 6.07) is 4.80. The predicted molar refractivity (Wildman–Crippen MR) is 78.3 cm³/mol. The summed E-state index contributed by atoms with van der Waals surface area (Å²) in [4.78, 5) is 24.1. The minimum absolute atomic E-state index is 0.119. The normalized spacial score (nSPS) is 15.6. The summed E-state index contributed by atoms with van der Waals surface area (Å²) in [6.45, 7) is 5.40. The van der Waals surface area contributed by atoms with Gasteiger partial charge in [0.25, 0.3) is 0 Å². The summed E-state index contributed by atoms with van der Waals surface area (Å²) < 4.78 is 5.28. The van der Waals surface area contributed by atoms with Crippen LogP contribution in [0.4, 0.5) is 0 Å². The Balaban J connectivity index is 2.17. The Kier molecular flexibility index (Phi) is 4.19. The van der Waals surface area contributed by atoms with Crippen LogP contribution < -0.4 is 0 Å². The number of Topliss-reactive ketones (excluding diaryl/α,β-unsaturated/α-hetero) is 1. The minimum atomic E-state index is -0.569. The number of hydrogen-bond acceptors (Lipinski definition) is 3. The molecule has 1 aromatic rings. The van der Waals surface area contributed by atoms with Crippen LogP contribution >= 0.6 is 11.6 Å². The largest absolute Gasteiger partial charge is 0.456 e. The van der Waals surface area contributed by atoms with Crippen molar-refractivity contribution in [3.63, 3.8) is 0 Å². The average Bonchev–Trinajstić information content (AvgIpc) is 2.23. The fourth-order valence-electron chi connectivity index (χ4n) is 2.07. The number of ether oxygens (including phenoxy) is 1. The first-order chi connectivity index (χ1) is 9.28. The fraction of sp³-hybridized carbons (Fsp3) is 0.500. The molecule has 0 heterocycles. The molecular weight excluding hydrogens is 276 g/mol. The van der Waals surface area contributed by atoms with E-state index in [9.17, 15) is 9.59 Å². The van der Waals surface area contributed by atoms with Crippen molar-refractivity contribution in [2.75, 3.05) is 0 Å². The van der Waals surface area contributed by atoms with E-state index >= 15 is 0 Å². The molecule has 1 aromatic carbocycles. The van der Waals surface area contributed by atoms with Gasteiger partial charge in [-0.15, -0.1) is 0 Å². The summed E-state index contributed by atoms with van der Waals surface area (Å²) in [5, 5.41) is 0.268. The highest BCUT2D eigenvalue weighted by atomic mass is 35.5. The molecule has 3 nitrogen and oxygen atoms in total. The van der Waals surface area contributed by atoms with Crippen LogP contribution in [0.5, 0.6) is 0 Å². The van der Waals surface area contributed by atoms with E-state index in [1.807, 2.05) is 0 Å². The SMILES string of the molecule is CC(C)(C)OC(=O)c1ccc(C(=O)C2CCC2)cc1Cl. The zero-order valence-corrected chi connectivity index (χ0v) is 12.8. The Morgan fingerprint density at radius 1 is 1.25 bits per heavy atom. The van der Waals surface area contributed by atoms with E-state index in [1.165, 1.54) is 0 Å². The van der Waals surface area contributed by atoms with Crippen LogP contribution in [-0.4, -0.2) is 17.4 Å². The summed E-state index contributed by atoms with van der Waals surface area (Å²) in [7, 11) is 0. The third-order valence-corrected chi connectivity index (χ3v) is 3.66. The lowest BCUT2D eigenvalue weighted by atomic mass is 9.80. The van der Waals surface area contributed by atoms with Gasteiger partial charge in [0, 0.05) is 11.5 Å². The number of esters is 1. The van der Waals surface area contributed by atoms with Gasteiger partial charge in [0.1, 0.15) is 5.60 Å². The van der Waals surface area contributed by atoms with E-state index in [4.69, 9.17) is 16.3 Å². The van der Waals surface area contributed by atoms with Gasteiger partial charge < -0.3 is 4.74 Å². The molecule has 0 spiro atoms. The first kappa shape index (κ1) is 15.0. The van der Waals surface area contributed by atoms with Gasteiger partial charge in [0.15, 0.2) is 5.78 Å². The standard InChI is InChI=1S/C16H19ClO3/c1-16(2,3)20-15(19)12-8-7-11(9-13(12)17)14(18)10-5-4-6-10/h7-10H,4-6H2,1-3H3. The Morgan fingerprint density at radius 3 is 2.35 bits per heavy atom. The molecule has 2 rings (SSSR count). The third-order valence-electron chi connectivity index (χ3n) is 3.35. The molecule has 0 radical (unpaired) electrons. The highest BCUT2D eigenvalue weighted by Gasteiger charge is 2.27. The van der Waals surface area contributed by atoms with Gasteiger partial charge in [-0.3, -0.25) is 4.79 Å². The quantitative estimate of drug-likeness (QED) is 0.617. The van der Waals surface area contributed by atoms with E-state index in [0.717, 1.165) is 19.3 Å². The second-order valence-corrected chi connectivity index (χ2v) is 6.60. The highest BCUT2D eigenvalue weighted by Crippen LogP contribution is 2.31. The Bertz CT molecular complexity index is 539. The Hall–Kier alpha value is -1.35. The van der Waals surface area contributed by atoms with Crippen molar-refractivity contribution in [1.29, 1.82) is 0 Å². The Morgan fingerprint density at radius 2 is 1.90 bits per heavy atom. The predicted octanol–water partition coefficient (Wildman–Crippen LogP) is 4.28. The van der Waals surface area contributed by atoms with E-state index < -0.39 is 11.6 Å². The molecule has 0 atom stereocenters. The molecule has 1 aliphatic carbocycles.